The Morgan fingerprint density at radius 1 is 1.14 bits per heavy atom. The van der Waals surface area contributed by atoms with E-state index >= 15 is 0 Å². The molecule has 1 saturated heterocycles. The normalized spacial score (nSPS) is 18.0. The smallest absolute Gasteiger partial charge is 0.151 e. The molecule has 2 aromatic heterocycles. The number of anilines is 1. The number of aliphatic imine (C=N–C) groups is 1. The first-order valence-electron chi connectivity index (χ1n) is 9.90. The fourth-order valence-corrected chi connectivity index (χ4v) is 4.15. The van der Waals surface area contributed by atoms with Crippen molar-refractivity contribution < 1.29 is 5.11 Å². The number of benzene rings is 1. The molecule has 29 heavy (non-hydrogen) atoms. The molecule has 0 spiro atoms. The predicted octanol–water partition coefficient (Wildman–Crippen LogP) is 3.74. The van der Waals surface area contributed by atoms with Crippen molar-refractivity contribution in [3.8, 4) is 27.6 Å². The van der Waals surface area contributed by atoms with E-state index in [-0.39, 0.29) is 5.75 Å². The Kier molecular flexibility index (Phi) is 4.71. The van der Waals surface area contributed by atoms with Gasteiger partial charge < -0.3 is 10.0 Å². The SMILES string of the molecule is Cc1nnc(-c2ccc(-c3ccc(N4CCC(=NCC5CC5)C4)nn3)c(O)c2)s1. The van der Waals surface area contributed by atoms with E-state index in [9.17, 15) is 5.11 Å². The molecule has 1 aromatic carbocycles. The van der Waals surface area contributed by atoms with Gasteiger partial charge in [-0.25, -0.2) is 0 Å². The average Bonchev–Trinajstić information content (AvgIpc) is 3.26. The number of aromatic hydroxyl groups is 1. The molecular weight excluding hydrogens is 384 g/mol. The molecule has 1 saturated carbocycles. The Balaban J connectivity index is 1.30. The number of nitrogens with zero attached hydrogens (tertiary/aromatic N) is 6. The quantitative estimate of drug-likeness (QED) is 0.695. The van der Waals surface area contributed by atoms with Crippen molar-refractivity contribution in [1.82, 2.24) is 20.4 Å². The van der Waals surface area contributed by atoms with E-state index in [1.165, 1.54) is 29.9 Å². The molecule has 5 rings (SSSR count). The molecule has 7 nitrogen and oxygen atoms in total. The number of aromatic nitrogens is 4. The second-order valence-corrected chi connectivity index (χ2v) is 8.84. The maximum Gasteiger partial charge on any atom is 0.151 e. The molecule has 1 N–H and O–H groups in total. The molecule has 2 aliphatic rings. The van der Waals surface area contributed by atoms with Gasteiger partial charge in [-0.05, 0) is 49.9 Å². The lowest BCUT2D eigenvalue weighted by molar-refractivity contribution is 0.477. The van der Waals surface area contributed by atoms with Crippen LogP contribution in [0.4, 0.5) is 5.82 Å². The van der Waals surface area contributed by atoms with Gasteiger partial charge in [0.2, 0.25) is 0 Å². The van der Waals surface area contributed by atoms with Gasteiger partial charge in [-0.3, -0.25) is 4.99 Å². The summed E-state index contributed by atoms with van der Waals surface area (Å²) in [4.78, 5) is 6.97. The average molecular weight is 407 g/mol. The third-order valence-corrected chi connectivity index (χ3v) is 6.22. The summed E-state index contributed by atoms with van der Waals surface area (Å²) >= 11 is 1.50. The third kappa shape index (κ3) is 3.98. The van der Waals surface area contributed by atoms with Gasteiger partial charge in [0.15, 0.2) is 5.82 Å². The Hall–Kier alpha value is -2.87. The van der Waals surface area contributed by atoms with Crippen molar-refractivity contribution >= 4 is 22.9 Å². The Bertz CT molecular complexity index is 1060. The van der Waals surface area contributed by atoms with Crippen LogP contribution in [-0.4, -0.2) is 50.8 Å². The van der Waals surface area contributed by atoms with Crippen LogP contribution < -0.4 is 4.90 Å². The van der Waals surface area contributed by atoms with Crippen LogP contribution in [-0.2, 0) is 0 Å². The lowest BCUT2D eigenvalue weighted by atomic mass is 10.1. The number of phenolic OH excluding ortho intramolecular Hbond substituents is 1. The molecule has 0 amide bonds. The molecule has 2 fully saturated rings. The Morgan fingerprint density at radius 2 is 2.03 bits per heavy atom. The van der Waals surface area contributed by atoms with Crippen LogP contribution in [0.5, 0.6) is 5.75 Å². The number of hydrogen-bond acceptors (Lipinski definition) is 8. The molecule has 0 bridgehead atoms. The molecule has 0 unspecified atom stereocenters. The van der Waals surface area contributed by atoms with Gasteiger partial charge in [0, 0.05) is 36.3 Å². The summed E-state index contributed by atoms with van der Waals surface area (Å²) in [5.41, 5.74) is 3.41. The highest BCUT2D eigenvalue weighted by Gasteiger charge is 2.23. The third-order valence-electron chi connectivity index (χ3n) is 5.33. The highest BCUT2D eigenvalue weighted by Crippen LogP contribution is 2.34. The minimum Gasteiger partial charge on any atom is -0.507 e. The van der Waals surface area contributed by atoms with E-state index in [0.29, 0.717) is 11.3 Å². The van der Waals surface area contributed by atoms with Gasteiger partial charge in [0.1, 0.15) is 15.8 Å². The minimum atomic E-state index is 0.160. The van der Waals surface area contributed by atoms with E-state index in [2.05, 4.69) is 25.3 Å². The number of phenols is 1. The summed E-state index contributed by atoms with van der Waals surface area (Å²) in [6.07, 6.45) is 3.67. The van der Waals surface area contributed by atoms with E-state index in [0.717, 1.165) is 53.4 Å². The fourth-order valence-electron chi connectivity index (χ4n) is 3.46. The molecule has 3 heterocycles. The Morgan fingerprint density at radius 3 is 2.72 bits per heavy atom. The fraction of sp³-hybridized carbons (Fsp3) is 0.381. The van der Waals surface area contributed by atoms with E-state index in [1.807, 2.05) is 31.2 Å². The van der Waals surface area contributed by atoms with Crippen LogP contribution in [0.1, 0.15) is 24.3 Å². The summed E-state index contributed by atoms with van der Waals surface area (Å²) in [5, 5.41) is 29.1. The molecule has 0 radical (unpaired) electrons. The van der Waals surface area contributed by atoms with Crippen LogP contribution in [0.2, 0.25) is 0 Å². The van der Waals surface area contributed by atoms with Crippen LogP contribution in [0.3, 0.4) is 0 Å². The molecule has 8 heteroatoms. The second kappa shape index (κ2) is 7.51. The summed E-state index contributed by atoms with van der Waals surface area (Å²) in [6.45, 7) is 4.66. The largest absolute Gasteiger partial charge is 0.507 e. The zero-order valence-corrected chi connectivity index (χ0v) is 17.1. The van der Waals surface area contributed by atoms with Gasteiger partial charge >= 0.3 is 0 Å². The first kappa shape index (κ1) is 18.2. The minimum absolute atomic E-state index is 0.160. The van der Waals surface area contributed by atoms with Gasteiger partial charge in [-0.2, -0.15) is 0 Å². The van der Waals surface area contributed by atoms with Gasteiger partial charge in [-0.15, -0.1) is 20.4 Å². The zero-order chi connectivity index (χ0) is 19.8. The first-order valence-corrected chi connectivity index (χ1v) is 10.7. The van der Waals surface area contributed by atoms with Crippen molar-refractivity contribution in [3.05, 3.63) is 35.3 Å². The van der Waals surface area contributed by atoms with Crippen LogP contribution in [0.25, 0.3) is 21.8 Å². The van der Waals surface area contributed by atoms with Crippen molar-refractivity contribution in [2.75, 3.05) is 24.5 Å². The first-order chi connectivity index (χ1) is 14.2. The molecule has 0 atom stereocenters. The molecule has 1 aliphatic heterocycles. The molecule has 148 valence electrons. The standard InChI is InChI=1S/C21H22N6OS/c1-13-23-26-21(29-13)15-4-5-17(19(28)10-15)18-6-7-20(25-24-18)27-9-8-16(12-27)22-11-14-2-3-14/h4-7,10,14,28H,2-3,8-9,11-12H2,1H3. The highest BCUT2D eigenvalue weighted by atomic mass is 32.1. The topological polar surface area (TPSA) is 87.4 Å². The van der Waals surface area contributed by atoms with Crippen molar-refractivity contribution in [3.63, 3.8) is 0 Å². The van der Waals surface area contributed by atoms with Crippen LogP contribution in [0.15, 0.2) is 35.3 Å². The summed E-state index contributed by atoms with van der Waals surface area (Å²) in [5.74, 6) is 1.84. The number of aryl methyl sites for hydroxylation is 1. The van der Waals surface area contributed by atoms with E-state index < -0.39 is 0 Å². The van der Waals surface area contributed by atoms with Crippen molar-refractivity contribution in [2.45, 2.75) is 26.2 Å². The number of rotatable bonds is 5. The summed E-state index contributed by atoms with van der Waals surface area (Å²) < 4.78 is 0. The summed E-state index contributed by atoms with van der Waals surface area (Å²) in [6, 6.07) is 9.35. The lowest BCUT2D eigenvalue weighted by Crippen LogP contribution is -2.21. The van der Waals surface area contributed by atoms with Crippen molar-refractivity contribution in [1.29, 1.82) is 0 Å². The zero-order valence-electron chi connectivity index (χ0n) is 16.2. The van der Waals surface area contributed by atoms with Gasteiger partial charge in [0.25, 0.3) is 0 Å². The monoisotopic (exact) mass is 406 g/mol. The van der Waals surface area contributed by atoms with Crippen LogP contribution in [0, 0.1) is 12.8 Å². The molecular formula is C21H22N6OS. The van der Waals surface area contributed by atoms with E-state index in [4.69, 9.17) is 4.99 Å². The van der Waals surface area contributed by atoms with E-state index in [1.54, 1.807) is 6.07 Å². The summed E-state index contributed by atoms with van der Waals surface area (Å²) in [7, 11) is 0. The maximum atomic E-state index is 10.5. The van der Waals surface area contributed by atoms with Crippen molar-refractivity contribution in [2.24, 2.45) is 10.9 Å². The highest BCUT2D eigenvalue weighted by molar-refractivity contribution is 7.14. The van der Waals surface area contributed by atoms with Gasteiger partial charge in [0.05, 0.1) is 12.2 Å². The van der Waals surface area contributed by atoms with Crippen LogP contribution >= 0.6 is 11.3 Å². The Labute approximate surface area is 173 Å². The number of hydrogen-bond donors (Lipinski definition) is 1. The molecule has 3 aromatic rings. The molecule has 1 aliphatic carbocycles. The maximum absolute atomic E-state index is 10.5. The van der Waals surface area contributed by atoms with Gasteiger partial charge in [-0.1, -0.05) is 17.4 Å². The second-order valence-electron chi connectivity index (χ2n) is 7.66. The predicted molar refractivity (Wildman–Crippen MR) is 115 cm³/mol. The lowest BCUT2D eigenvalue weighted by Gasteiger charge is -2.15.